The molecule has 3 aromatic rings. The Morgan fingerprint density at radius 2 is 1.30 bits per heavy atom. The van der Waals surface area contributed by atoms with E-state index in [-0.39, 0.29) is 5.97 Å². The number of hydrogen-bond acceptors (Lipinski definition) is 3. The molecule has 0 unspecified atom stereocenters. The van der Waals surface area contributed by atoms with E-state index in [1.807, 2.05) is 24.3 Å². The van der Waals surface area contributed by atoms with Crippen molar-refractivity contribution < 1.29 is 14.3 Å². The number of rotatable bonds is 10. The minimum absolute atomic E-state index is 0.374. The average Bonchev–Trinajstić information content (AvgIpc) is 2.79. The number of benzene rings is 3. The van der Waals surface area contributed by atoms with Crippen molar-refractivity contribution in [2.24, 2.45) is 0 Å². The smallest absolute Gasteiger partial charge is 0.343 e. The van der Waals surface area contributed by atoms with Gasteiger partial charge < -0.3 is 9.47 Å². The van der Waals surface area contributed by atoms with Crippen molar-refractivity contribution in [3.05, 3.63) is 83.9 Å². The number of carbonyl (C=O) groups is 1. The third-order valence-electron chi connectivity index (χ3n) is 4.98. The Labute approximate surface area is 179 Å². The number of unbranched alkanes of at least 4 members (excludes halogenated alkanes) is 2. The van der Waals surface area contributed by atoms with E-state index < -0.39 is 0 Å². The minimum Gasteiger partial charge on any atom is -0.494 e. The lowest BCUT2D eigenvalue weighted by atomic mass is 10.0. The van der Waals surface area contributed by atoms with Crippen LogP contribution in [0.2, 0.25) is 0 Å². The van der Waals surface area contributed by atoms with Gasteiger partial charge in [0.1, 0.15) is 11.5 Å². The first-order valence-electron chi connectivity index (χ1n) is 10.8. The van der Waals surface area contributed by atoms with E-state index in [1.165, 1.54) is 24.8 Å². The van der Waals surface area contributed by atoms with Crippen LogP contribution in [0.5, 0.6) is 11.5 Å². The van der Waals surface area contributed by atoms with Crippen LogP contribution in [0.3, 0.4) is 0 Å². The van der Waals surface area contributed by atoms with Gasteiger partial charge in [0, 0.05) is 0 Å². The fourth-order valence-corrected chi connectivity index (χ4v) is 3.23. The summed E-state index contributed by atoms with van der Waals surface area (Å²) in [6.07, 6.45) is 5.84. The summed E-state index contributed by atoms with van der Waals surface area (Å²) >= 11 is 0. The van der Waals surface area contributed by atoms with E-state index in [1.54, 1.807) is 24.3 Å². The lowest BCUT2D eigenvalue weighted by molar-refractivity contribution is 0.0734. The maximum Gasteiger partial charge on any atom is 0.343 e. The van der Waals surface area contributed by atoms with Gasteiger partial charge in [0.25, 0.3) is 0 Å². The topological polar surface area (TPSA) is 35.5 Å². The Balaban J connectivity index is 1.58. The largest absolute Gasteiger partial charge is 0.494 e. The number of esters is 1. The second-order valence-electron chi connectivity index (χ2n) is 7.44. The Bertz CT molecular complexity index is 910. The van der Waals surface area contributed by atoms with Crippen molar-refractivity contribution in [3.8, 4) is 22.6 Å². The van der Waals surface area contributed by atoms with Crippen molar-refractivity contribution in [2.45, 2.75) is 46.0 Å². The molecule has 3 rings (SSSR count). The summed E-state index contributed by atoms with van der Waals surface area (Å²) in [5.74, 6) is 0.918. The molecule has 0 aliphatic carbocycles. The van der Waals surface area contributed by atoms with Crippen molar-refractivity contribution in [1.82, 2.24) is 0 Å². The van der Waals surface area contributed by atoms with Crippen molar-refractivity contribution in [2.75, 3.05) is 6.61 Å². The zero-order valence-electron chi connectivity index (χ0n) is 17.9. The molecule has 0 atom stereocenters. The third kappa shape index (κ3) is 6.21. The lowest BCUT2D eigenvalue weighted by Gasteiger charge is -2.08. The highest BCUT2D eigenvalue weighted by atomic mass is 16.5. The van der Waals surface area contributed by atoms with E-state index in [9.17, 15) is 4.79 Å². The molecule has 0 heterocycles. The van der Waals surface area contributed by atoms with Gasteiger partial charge in [-0.1, -0.05) is 63.1 Å². The van der Waals surface area contributed by atoms with Gasteiger partial charge >= 0.3 is 5.97 Å². The Morgan fingerprint density at radius 3 is 1.90 bits per heavy atom. The second-order valence-corrected chi connectivity index (χ2v) is 7.44. The molecule has 3 nitrogen and oxygen atoms in total. The maximum atomic E-state index is 12.4. The summed E-state index contributed by atoms with van der Waals surface area (Å²) in [5.41, 5.74) is 4.15. The molecular weight excluding hydrogens is 372 g/mol. The molecule has 156 valence electrons. The average molecular weight is 403 g/mol. The summed E-state index contributed by atoms with van der Waals surface area (Å²) in [6, 6.07) is 23.4. The zero-order chi connectivity index (χ0) is 21.2. The quantitative estimate of drug-likeness (QED) is 0.206. The molecule has 0 bridgehead atoms. The molecule has 0 saturated heterocycles. The minimum atomic E-state index is -0.374. The highest BCUT2D eigenvalue weighted by molar-refractivity contribution is 5.91. The fourth-order valence-electron chi connectivity index (χ4n) is 3.23. The third-order valence-corrected chi connectivity index (χ3v) is 4.98. The van der Waals surface area contributed by atoms with Crippen LogP contribution in [0, 0.1) is 0 Å². The van der Waals surface area contributed by atoms with Crippen LogP contribution >= 0.6 is 0 Å². The summed E-state index contributed by atoms with van der Waals surface area (Å²) in [5, 5.41) is 0. The first kappa shape index (κ1) is 21.6. The predicted molar refractivity (Wildman–Crippen MR) is 122 cm³/mol. The Kier molecular flexibility index (Phi) is 8.08. The molecule has 0 aliphatic rings. The van der Waals surface area contributed by atoms with E-state index in [0.29, 0.717) is 17.9 Å². The van der Waals surface area contributed by atoms with Crippen LogP contribution in [0.15, 0.2) is 72.8 Å². The highest BCUT2D eigenvalue weighted by Crippen LogP contribution is 2.24. The van der Waals surface area contributed by atoms with Gasteiger partial charge in [0.2, 0.25) is 0 Å². The molecule has 0 saturated carbocycles. The zero-order valence-corrected chi connectivity index (χ0v) is 17.9. The maximum absolute atomic E-state index is 12.4. The second kappa shape index (κ2) is 11.2. The molecular formula is C27H30O3. The first-order chi connectivity index (χ1) is 14.7. The number of carbonyl (C=O) groups excluding carboxylic acids is 1. The SMILES string of the molecule is CCCCCc1ccc(-c2ccc(OC(=O)c3ccc(OCCC)cc3)cc2)cc1. The molecule has 0 amide bonds. The molecule has 0 fully saturated rings. The van der Waals surface area contributed by atoms with Gasteiger partial charge in [0.05, 0.1) is 12.2 Å². The molecule has 0 radical (unpaired) electrons. The van der Waals surface area contributed by atoms with Crippen LogP contribution in [0.4, 0.5) is 0 Å². The van der Waals surface area contributed by atoms with Crippen LogP contribution in [0.25, 0.3) is 11.1 Å². The van der Waals surface area contributed by atoms with E-state index in [2.05, 4.69) is 38.1 Å². The van der Waals surface area contributed by atoms with Crippen LogP contribution < -0.4 is 9.47 Å². The summed E-state index contributed by atoms with van der Waals surface area (Å²) in [6.45, 7) is 4.95. The fraction of sp³-hybridized carbons (Fsp3) is 0.296. The molecule has 0 aromatic heterocycles. The van der Waals surface area contributed by atoms with Gasteiger partial charge in [-0.15, -0.1) is 0 Å². The van der Waals surface area contributed by atoms with E-state index >= 15 is 0 Å². The number of hydrogen-bond donors (Lipinski definition) is 0. The monoisotopic (exact) mass is 402 g/mol. The summed E-state index contributed by atoms with van der Waals surface area (Å²) in [4.78, 5) is 12.4. The predicted octanol–water partition coefficient (Wildman–Crippen LogP) is 7.09. The van der Waals surface area contributed by atoms with E-state index in [0.717, 1.165) is 29.7 Å². The number of ether oxygens (including phenoxy) is 2. The van der Waals surface area contributed by atoms with Gasteiger partial charge in [-0.05, 0) is 72.4 Å². The molecule has 0 aliphatic heterocycles. The molecule has 30 heavy (non-hydrogen) atoms. The van der Waals surface area contributed by atoms with Crippen molar-refractivity contribution in [1.29, 1.82) is 0 Å². The lowest BCUT2D eigenvalue weighted by Crippen LogP contribution is -2.08. The van der Waals surface area contributed by atoms with Crippen molar-refractivity contribution in [3.63, 3.8) is 0 Å². The molecule has 3 aromatic carbocycles. The highest BCUT2D eigenvalue weighted by Gasteiger charge is 2.09. The van der Waals surface area contributed by atoms with E-state index in [4.69, 9.17) is 9.47 Å². The normalized spacial score (nSPS) is 10.6. The standard InChI is InChI=1S/C27H30O3/c1-3-5-6-7-21-8-10-22(11-9-21)23-12-18-26(19-13-23)30-27(28)24-14-16-25(17-15-24)29-20-4-2/h8-19H,3-7,20H2,1-2H3. The van der Waals surface area contributed by atoms with Gasteiger partial charge in [0.15, 0.2) is 0 Å². The van der Waals surface area contributed by atoms with Crippen LogP contribution in [0.1, 0.15) is 55.5 Å². The Hall–Kier alpha value is -3.07. The summed E-state index contributed by atoms with van der Waals surface area (Å²) < 4.78 is 11.0. The Morgan fingerprint density at radius 1 is 0.700 bits per heavy atom. The van der Waals surface area contributed by atoms with Crippen molar-refractivity contribution >= 4 is 5.97 Å². The van der Waals surface area contributed by atoms with Crippen LogP contribution in [-0.4, -0.2) is 12.6 Å². The van der Waals surface area contributed by atoms with Gasteiger partial charge in [-0.25, -0.2) is 4.79 Å². The molecule has 3 heteroatoms. The first-order valence-corrected chi connectivity index (χ1v) is 10.8. The number of aryl methyl sites for hydroxylation is 1. The van der Waals surface area contributed by atoms with Gasteiger partial charge in [-0.2, -0.15) is 0 Å². The van der Waals surface area contributed by atoms with Gasteiger partial charge in [-0.3, -0.25) is 0 Å². The van der Waals surface area contributed by atoms with Crippen LogP contribution in [-0.2, 0) is 6.42 Å². The summed E-state index contributed by atoms with van der Waals surface area (Å²) in [7, 11) is 0. The molecule has 0 spiro atoms. The molecule has 0 N–H and O–H groups in total.